The van der Waals surface area contributed by atoms with E-state index in [0.717, 1.165) is 0 Å². The summed E-state index contributed by atoms with van der Waals surface area (Å²) in [5, 5.41) is 12.9. The topological polar surface area (TPSA) is 84.6 Å². The molecule has 0 spiro atoms. The summed E-state index contributed by atoms with van der Waals surface area (Å²) < 4.78 is 5.20. The molecule has 0 aliphatic rings. The number of nitrogen functional groups attached to an aromatic ring is 1. The first-order valence-electron chi connectivity index (χ1n) is 5.85. The van der Waals surface area contributed by atoms with Crippen molar-refractivity contribution in [2.24, 2.45) is 0 Å². The maximum atomic E-state index is 11.3. The molecule has 0 atom stereocenters. The zero-order chi connectivity index (χ0) is 15.6. The van der Waals surface area contributed by atoms with Crippen LogP contribution >= 0.6 is 23.2 Å². The van der Waals surface area contributed by atoms with E-state index in [2.05, 4.69) is 5.32 Å². The number of hydrogen-bond donors (Lipinski definition) is 3. The number of carboxylic acid groups (broad SMARTS) is 1. The first-order chi connectivity index (χ1) is 9.92. The van der Waals surface area contributed by atoms with Gasteiger partial charge in [-0.3, -0.25) is 0 Å². The third-order valence-corrected chi connectivity index (χ3v) is 3.30. The number of halogens is 2. The normalized spacial score (nSPS) is 10.2. The van der Waals surface area contributed by atoms with Crippen LogP contribution in [0.15, 0.2) is 30.3 Å². The third kappa shape index (κ3) is 3.32. The minimum absolute atomic E-state index is 0.0398. The molecular formula is C14H12Cl2N2O3. The second-order valence-electron chi connectivity index (χ2n) is 4.20. The lowest BCUT2D eigenvalue weighted by molar-refractivity contribution is 0.0698. The number of carbonyl (C=O) groups is 1. The van der Waals surface area contributed by atoms with Crippen molar-refractivity contribution in [2.75, 3.05) is 18.2 Å². The van der Waals surface area contributed by atoms with Crippen LogP contribution in [0.2, 0.25) is 10.0 Å². The Labute approximate surface area is 131 Å². The average Bonchev–Trinajstić information content (AvgIpc) is 2.41. The molecule has 7 heteroatoms. The van der Waals surface area contributed by atoms with Crippen LogP contribution < -0.4 is 15.8 Å². The van der Waals surface area contributed by atoms with Crippen molar-refractivity contribution in [1.82, 2.24) is 0 Å². The number of hydrogen-bond acceptors (Lipinski definition) is 4. The fourth-order valence-electron chi connectivity index (χ4n) is 1.84. The highest BCUT2D eigenvalue weighted by atomic mass is 35.5. The quantitative estimate of drug-likeness (QED) is 0.739. The van der Waals surface area contributed by atoms with Crippen LogP contribution in [0.1, 0.15) is 10.4 Å². The van der Waals surface area contributed by atoms with Crippen molar-refractivity contribution < 1.29 is 14.6 Å². The Kier molecular flexibility index (Phi) is 4.45. The maximum Gasteiger partial charge on any atom is 0.337 e. The van der Waals surface area contributed by atoms with Crippen molar-refractivity contribution in [2.45, 2.75) is 0 Å². The fourth-order valence-corrected chi connectivity index (χ4v) is 2.28. The summed E-state index contributed by atoms with van der Waals surface area (Å²) in [6.07, 6.45) is 0. The SMILES string of the molecule is COc1ccc(Cl)cc1Nc1c(Cl)cc(N)cc1C(=O)O. The molecule has 0 aromatic heterocycles. The van der Waals surface area contributed by atoms with Gasteiger partial charge in [0.15, 0.2) is 0 Å². The van der Waals surface area contributed by atoms with E-state index < -0.39 is 5.97 Å². The van der Waals surface area contributed by atoms with Gasteiger partial charge >= 0.3 is 5.97 Å². The first kappa shape index (κ1) is 15.3. The number of ether oxygens (including phenoxy) is 1. The molecule has 0 unspecified atom stereocenters. The minimum Gasteiger partial charge on any atom is -0.495 e. The predicted octanol–water partition coefficient (Wildman–Crippen LogP) is 4.03. The highest BCUT2D eigenvalue weighted by molar-refractivity contribution is 6.34. The summed E-state index contributed by atoms with van der Waals surface area (Å²) in [4.78, 5) is 11.3. The summed E-state index contributed by atoms with van der Waals surface area (Å²) in [6.45, 7) is 0. The molecule has 2 aromatic rings. The monoisotopic (exact) mass is 326 g/mol. The molecule has 2 aromatic carbocycles. The molecule has 0 saturated carbocycles. The lowest BCUT2D eigenvalue weighted by Gasteiger charge is -2.15. The highest BCUT2D eigenvalue weighted by Crippen LogP contribution is 2.36. The van der Waals surface area contributed by atoms with E-state index in [-0.39, 0.29) is 22.0 Å². The van der Waals surface area contributed by atoms with Gasteiger partial charge in [0.25, 0.3) is 0 Å². The standard InChI is InChI=1S/C14H12Cl2N2O3/c1-21-12-3-2-7(15)4-11(12)18-13-9(14(19)20)5-8(17)6-10(13)16/h2-6,18H,17H2,1H3,(H,19,20). The van der Waals surface area contributed by atoms with Gasteiger partial charge in [-0.05, 0) is 30.3 Å². The number of anilines is 3. The van der Waals surface area contributed by atoms with E-state index in [1.54, 1.807) is 18.2 Å². The summed E-state index contributed by atoms with van der Waals surface area (Å²) in [7, 11) is 1.50. The van der Waals surface area contributed by atoms with Gasteiger partial charge < -0.3 is 20.9 Å². The molecule has 0 radical (unpaired) electrons. The molecule has 0 amide bonds. The van der Waals surface area contributed by atoms with Crippen LogP contribution in [-0.4, -0.2) is 18.2 Å². The Bertz CT molecular complexity index is 705. The first-order valence-corrected chi connectivity index (χ1v) is 6.61. The van der Waals surface area contributed by atoms with E-state index in [1.807, 2.05) is 0 Å². The number of carboxylic acids is 1. The number of nitrogens with one attached hydrogen (secondary N) is 1. The zero-order valence-corrected chi connectivity index (χ0v) is 12.5. The lowest BCUT2D eigenvalue weighted by atomic mass is 10.1. The summed E-state index contributed by atoms with van der Waals surface area (Å²) in [5.74, 6) is -0.642. The average molecular weight is 327 g/mol. The molecule has 0 bridgehead atoms. The predicted molar refractivity (Wildman–Crippen MR) is 84.1 cm³/mol. The maximum absolute atomic E-state index is 11.3. The van der Waals surface area contributed by atoms with Gasteiger partial charge in [0.2, 0.25) is 0 Å². The van der Waals surface area contributed by atoms with Gasteiger partial charge in [0.05, 0.1) is 29.1 Å². The smallest absolute Gasteiger partial charge is 0.337 e. The van der Waals surface area contributed by atoms with Gasteiger partial charge in [0.1, 0.15) is 5.75 Å². The van der Waals surface area contributed by atoms with Crippen molar-refractivity contribution >= 4 is 46.2 Å². The Balaban J connectivity index is 2.54. The van der Waals surface area contributed by atoms with Crippen molar-refractivity contribution in [1.29, 1.82) is 0 Å². The van der Waals surface area contributed by atoms with Gasteiger partial charge in [-0.2, -0.15) is 0 Å². The second-order valence-corrected chi connectivity index (χ2v) is 5.04. The number of methoxy groups -OCH3 is 1. The fraction of sp³-hybridized carbons (Fsp3) is 0.0714. The van der Waals surface area contributed by atoms with Crippen LogP contribution in [-0.2, 0) is 0 Å². The molecule has 0 heterocycles. The van der Waals surface area contributed by atoms with Gasteiger partial charge in [-0.25, -0.2) is 4.79 Å². The molecular weight excluding hydrogens is 315 g/mol. The number of rotatable bonds is 4. The lowest BCUT2D eigenvalue weighted by Crippen LogP contribution is -2.05. The molecule has 110 valence electrons. The molecule has 5 nitrogen and oxygen atoms in total. The van der Waals surface area contributed by atoms with Crippen molar-refractivity contribution in [3.05, 3.63) is 45.9 Å². The molecule has 0 aliphatic heterocycles. The van der Waals surface area contributed by atoms with E-state index in [1.165, 1.54) is 19.2 Å². The van der Waals surface area contributed by atoms with Crippen LogP contribution in [0.5, 0.6) is 5.75 Å². The van der Waals surface area contributed by atoms with E-state index >= 15 is 0 Å². The Morgan fingerprint density at radius 1 is 1.29 bits per heavy atom. The minimum atomic E-state index is -1.15. The molecule has 4 N–H and O–H groups in total. The Hall–Kier alpha value is -2.11. The number of nitrogens with two attached hydrogens (primary N) is 1. The van der Waals surface area contributed by atoms with Crippen molar-refractivity contribution in [3.63, 3.8) is 0 Å². The molecule has 0 saturated heterocycles. The van der Waals surface area contributed by atoms with Gasteiger partial charge in [-0.1, -0.05) is 23.2 Å². The van der Waals surface area contributed by atoms with E-state index in [4.69, 9.17) is 33.7 Å². The second kappa shape index (κ2) is 6.11. The molecule has 2 rings (SSSR count). The third-order valence-electron chi connectivity index (χ3n) is 2.76. The Morgan fingerprint density at radius 2 is 2.00 bits per heavy atom. The molecule has 0 aliphatic carbocycles. The largest absolute Gasteiger partial charge is 0.495 e. The van der Waals surface area contributed by atoms with Crippen molar-refractivity contribution in [3.8, 4) is 5.75 Å². The Morgan fingerprint density at radius 3 is 2.62 bits per heavy atom. The van der Waals surface area contributed by atoms with Gasteiger partial charge in [0, 0.05) is 10.7 Å². The van der Waals surface area contributed by atoms with Crippen LogP contribution in [0.3, 0.4) is 0 Å². The molecule has 21 heavy (non-hydrogen) atoms. The summed E-state index contributed by atoms with van der Waals surface area (Å²) in [6, 6.07) is 7.73. The van der Waals surface area contributed by atoms with Crippen LogP contribution in [0.4, 0.5) is 17.1 Å². The van der Waals surface area contributed by atoms with Crippen LogP contribution in [0.25, 0.3) is 0 Å². The zero-order valence-electron chi connectivity index (χ0n) is 11.0. The summed E-state index contributed by atoms with van der Waals surface area (Å²) >= 11 is 12.0. The van der Waals surface area contributed by atoms with E-state index in [9.17, 15) is 9.90 Å². The number of benzene rings is 2. The van der Waals surface area contributed by atoms with Crippen LogP contribution in [0, 0.1) is 0 Å². The highest BCUT2D eigenvalue weighted by Gasteiger charge is 2.16. The van der Waals surface area contributed by atoms with E-state index in [0.29, 0.717) is 16.5 Å². The van der Waals surface area contributed by atoms with Gasteiger partial charge in [-0.15, -0.1) is 0 Å². The number of aromatic carboxylic acids is 1. The summed E-state index contributed by atoms with van der Waals surface area (Å²) in [5.41, 5.74) is 6.56. The molecule has 0 fully saturated rings.